The topological polar surface area (TPSA) is 101 Å². The van der Waals surface area contributed by atoms with Crippen molar-refractivity contribution >= 4 is 11.8 Å². The Labute approximate surface area is 170 Å². The molecule has 2 unspecified atom stereocenters. The van der Waals surface area contributed by atoms with Gasteiger partial charge >= 0.3 is 0 Å². The smallest absolute Gasteiger partial charge is 0.194 e. The molecule has 3 N–H and O–H groups in total. The van der Waals surface area contributed by atoms with E-state index in [4.69, 9.17) is 4.74 Å². The molecule has 1 heterocycles. The van der Waals surface area contributed by atoms with Crippen LogP contribution in [-0.2, 0) is 11.3 Å². The molecule has 0 fully saturated rings. The standard InChI is InChI=1S/C18H24F3N3O4S/c1-3-4-29-18(28-16(9-25)10(2)26)15(27)8-24-7-14(22-23-24)11-5-12(19)17(21)13(20)6-11/h5-7,10,15-16,18,25-27H,3-4,8-9H2,1-2H3/t10-,15+,16?,18?/m1/s1. The molecule has 0 spiro atoms. The van der Waals surface area contributed by atoms with Crippen molar-refractivity contribution < 1.29 is 33.2 Å². The van der Waals surface area contributed by atoms with Crippen LogP contribution in [0.4, 0.5) is 13.2 Å². The molecule has 0 bridgehead atoms. The third-order valence-electron chi connectivity index (χ3n) is 4.02. The highest BCUT2D eigenvalue weighted by Gasteiger charge is 2.27. The zero-order valence-corrected chi connectivity index (χ0v) is 16.8. The van der Waals surface area contributed by atoms with Crippen LogP contribution < -0.4 is 0 Å². The highest BCUT2D eigenvalue weighted by atomic mass is 32.2. The lowest BCUT2D eigenvalue weighted by Crippen LogP contribution is -2.39. The lowest BCUT2D eigenvalue weighted by Gasteiger charge is -2.28. The molecule has 4 atom stereocenters. The zero-order chi connectivity index (χ0) is 21.6. The first-order chi connectivity index (χ1) is 13.8. The van der Waals surface area contributed by atoms with Crippen molar-refractivity contribution in [3.8, 4) is 11.3 Å². The van der Waals surface area contributed by atoms with Crippen LogP contribution in [0.1, 0.15) is 20.3 Å². The van der Waals surface area contributed by atoms with E-state index >= 15 is 0 Å². The van der Waals surface area contributed by atoms with Crippen LogP contribution in [0, 0.1) is 17.5 Å². The normalized spacial score (nSPS) is 15.9. The van der Waals surface area contributed by atoms with Crippen molar-refractivity contribution in [2.24, 2.45) is 0 Å². The Hall–Kier alpha value is -1.66. The van der Waals surface area contributed by atoms with Gasteiger partial charge in [0.05, 0.1) is 25.5 Å². The van der Waals surface area contributed by atoms with Crippen molar-refractivity contribution in [1.82, 2.24) is 15.0 Å². The van der Waals surface area contributed by atoms with E-state index in [2.05, 4.69) is 10.3 Å². The van der Waals surface area contributed by atoms with Crippen molar-refractivity contribution in [3.63, 3.8) is 0 Å². The molecule has 0 aliphatic heterocycles. The van der Waals surface area contributed by atoms with E-state index in [9.17, 15) is 28.5 Å². The summed E-state index contributed by atoms with van der Waals surface area (Å²) in [5.41, 5.74) is -0.647. The van der Waals surface area contributed by atoms with Gasteiger partial charge in [-0.2, -0.15) is 0 Å². The van der Waals surface area contributed by atoms with E-state index in [1.807, 2.05) is 6.92 Å². The number of hydrogen-bond acceptors (Lipinski definition) is 7. The Morgan fingerprint density at radius 1 is 1.21 bits per heavy atom. The van der Waals surface area contributed by atoms with Crippen molar-refractivity contribution in [1.29, 1.82) is 0 Å². The largest absolute Gasteiger partial charge is 0.394 e. The van der Waals surface area contributed by atoms with Crippen LogP contribution in [-0.4, -0.2) is 66.4 Å². The Bertz CT molecular complexity index is 770. The fraction of sp³-hybridized carbons (Fsp3) is 0.556. The quantitative estimate of drug-likeness (QED) is 0.366. The summed E-state index contributed by atoms with van der Waals surface area (Å²) in [4.78, 5) is 0. The van der Waals surface area contributed by atoms with Crippen LogP contribution >= 0.6 is 11.8 Å². The predicted molar refractivity (Wildman–Crippen MR) is 102 cm³/mol. The minimum atomic E-state index is -1.57. The molecule has 162 valence electrons. The Morgan fingerprint density at radius 3 is 2.41 bits per heavy atom. The van der Waals surface area contributed by atoms with E-state index in [0.29, 0.717) is 5.75 Å². The van der Waals surface area contributed by atoms with Crippen LogP contribution in [0.25, 0.3) is 11.3 Å². The van der Waals surface area contributed by atoms with E-state index < -0.39 is 47.8 Å². The molecule has 0 aliphatic carbocycles. The van der Waals surface area contributed by atoms with Gasteiger partial charge in [-0.05, 0) is 31.2 Å². The summed E-state index contributed by atoms with van der Waals surface area (Å²) in [6.45, 7) is 2.96. The number of hydrogen-bond donors (Lipinski definition) is 3. The first-order valence-corrected chi connectivity index (χ1v) is 10.1. The van der Waals surface area contributed by atoms with Crippen molar-refractivity contribution in [2.45, 2.75) is 50.6 Å². The summed E-state index contributed by atoms with van der Waals surface area (Å²) in [5.74, 6) is -3.57. The minimum absolute atomic E-state index is 0.00440. The predicted octanol–water partition coefficient (Wildman–Crippen LogP) is 1.95. The Kier molecular flexibility index (Phi) is 8.90. The molecule has 7 nitrogen and oxygen atoms in total. The maximum absolute atomic E-state index is 13.4. The highest BCUT2D eigenvalue weighted by molar-refractivity contribution is 7.99. The lowest BCUT2D eigenvalue weighted by molar-refractivity contribution is -0.0972. The van der Waals surface area contributed by atoms with Crippen molar-refractivity contribution in [3.05, 3.63) is 35.8 Å². The summed E-state index contributed by atoms with van der Waals surface area (Å²) in [6, 6.07) is 1.61. The van der Waals surface area contributed by atoms with Gasteiger partial charge in [0, 0.05) is 5.56 Å². The maximum atomic E-state index is 13.4. The summed E-state index contributed by atoms with van der Waals surface area (Å²) in [5, 5.41) is 37.2. The number of aromatic nitrogens is 3. The zero-order valence-electron chi connectivity index (χ0n) is 16.0. The van der Waals surface area contributed by atoms with Crippen LogP contribution in [0.15, 0.2) is 18.3 Å². The Morgan fingerprint density at radius 2 is 1.86 bits per heavy atom. The highest BCUT2D eigenvalue weighted by Crippen LogP contribution is 2.24. The number of nitrogens with zero attached hydrogens (tertiary/aromatic N) is 3. The fourth-order valence-corrected chi connectivity index (χ4v) is 3.46. The second kappa shape index (κ2) is 10.9. The second-order valence-electron chi connectivity index (χ2n) is 6.48. The number of rotatable bonds is 11. The minimum Gasteiger partial charge on any atom is -0.394 e. The molecule has 1 aromatic heterocycles. The molecule has 0 radical (unpaired) electrons. The average Bonchev–Trinajstić information content (AvgIpc) is 3.14. The molecule has 1 aromatic carbocycles. The SMILES string of the molecule is CCCSC(OC(CO)[C@@H](C)O)[C@@H](O)Cn1cc(-c2cc(F)c(F)c(F)c2)nn1. The van der Waals surface area contributed by atoms with E-state index in [1.54, 1.807) is 0 Å². The summed E-state index contributed by atoms with van der Waals surface area (Å²) in [7, 11) is 0. The van der Waals surface area contributed by atoms with E-state index in [0.717, 1.165) is 18.6 Å². The first kappa shape index (κ1) is 23.6. The van der Waals surface area contributed by atoms with Gasteiger partial charge in [0.25, 0.3) is 0 Å². The molecular formula is C18H24F3N3O4S. The average molecular weight is 435 g/mol. The molecule has 2 rings (SSSR count). The molecule has 2 aromatic rings. The molecule has 0 saturated heterocycles. The van der Waals surface area contributed by atoms with Gasteiger partial charge in [0.1, 0.15) is 23.3 Å². The monoisotopic (exact) mass is 435 g/mol. The van der Waals surface area contributed by atoms with Gasteiger partial charge in [0.2, 0.25) is 0 Å². The number of halogens is 3. The number of thioether (sulfide) groups is 1. The van der Waals surface area contributed by atoms with Gasteiger partial charge in [-0.25, -0.2) is 17.9 Å². The third kappa shape index (κ3) is 6.41. The summed E-state index contributed by atoms with van der Waals surface area (Å²) in [6.07, 6.45) is -0.691. The second-order valence-corrected chi connectivity index (χ2v) is 7.69. The first-order valence-electron chi connectivity index (χ1n) is 9.05. The maximum Gasteiger partial charge on any atom is 0.194 e. The molecule has 0 amide bonds. The number of aliphatic hydroxyl groups excluding tert-OH is 3. The van der Waals surface area contributed by atoms with E-state index in [-0.39, 0.29) is 17.8 Å². The van der Waals surface area contributed by atoms with Crippen molar-refractivity contribution in [2.75, 3.05) is 12.4 Å². The molecule has 0 saturated carbocycles. The van der Waals surface area contributed by atoms with Crippen LogP contribution in [0.3, 0.4) is 0 Å². The molecule has 11 heteroatoms. The van der Waals surface area contributed by atoms with Gasteiger partial charge in [-0.3, -0.25) is 0 Å². The molecule has 29 heavy (non-hydrogen) atoms. The molecule has 0 aliphatic rings. The Balaban J connectivity index is 2.12. The van der Waals surface area contributed by atoms with Gasteiger partial charge < -0.3 is 20.1 Å². The van der Waals surface area contributed by atoms with Gasteiger partial charge in [-0.1, -0.05) is 12.1 Å². The number of aliphatic hydroxyl groups is 3. The van der Waals surface area contributed by atoms with Gasteiger partial charge in [0.15, 0.2) is 17.5 Å². The lowest BCUT2D eigenvalue weighted by atomic mass is 10.1. The summed E-state index contributed by atoms with van der Waals surface area (Å²) >= 11 is 1.32. The van der Waals surface area contributed by atoms with Gasteiger partial charge in [-0.15, -0.1) is 16.9 Å². The van der Waals surface area contributed by atoms with Crippen LogP contribution in [0.5, 0.6) is 0 Å². The van der Waals surface area contributed by atoms with E-state index in [1.165, 1.54) is 29.6 Å². The number of benzene rings is 1. The third-order valence-corrected chi connectivity index (χ3v) is 5.42. The molecular weight excluding hydrogens is 411 g/mol. The fourth-order valence-electron chi connectivity index (χ4n) is 2.46. The number of ether oxygens (including phenoxy) is 1. The van der Waals surface area contributed by atoms with Crippen LogP contribution in [0.2, 0.25) is 0 Å². The summed E-state index contributed by atoms with van der Waals surface area (Å²) < 4.78 is 46.8.